The molecule has 0 saturated heterocycles. The second kappa shape index (κ2) is 1.76. The van der Waals surface area contributed by atoms with Crippen molar-refractivity contribution in [3.63, 3.8) is 0 Å². The van der Waals surface area contributed by atoms with Crippen LogP contribution in [0.2, 0.25) is 0 Å². The van der Waals surface area contributed by atoms with Gasteiger partial charge in [-0.2, -0.15) is 0 Å². The molecule has 1 aromatic heterocycles. The van der Waals surface area contributed by atoms with Gasteiger partial charge in [-0.3, -0.25) is 4.79 Å². The largest absolute Gasteiger partial charge is 0.472 e. The van der Waals surface area contributed by atoms with Crippen LogP contribution in [-0.2, 0) is 6.42 Å². The summed E-state index contributed by atoms with van der Waals surface area (Å²) in [5.41, 5.74) is 1.62. The lowest BCUT2D eigenvalue weighted by molar-refractivity contribution is 0.0861. The second-order valence-electron chi connectivity index (χ2n) is 3.70. The molecule has 0 N–H and O–H groups in total. The molecule has 1 heterocycles. The summed E-state index contributed by atoms with van der Waals surface area (Å²) in [6.45, 7) is 3.94. The van der Waals surface area contributed by atoms with Crippen LogP contribution in [0.15, 0.2) is 16.9 Å². The molecule has 58 valence electrons. The molecule has 1 aliphatic rings. The van der Waals surface area contributed by atoms with Crippen LogP contribution in [0.1, 0.15) is 29.8 Å². The van der Waals surface area contributed by atoms with E-state index in [4.69, 9.17) is 4.42 Å². The number of furan rings is 1. The molecule has 0 bridgehead atoms. The fraction of sp³-hybridized carbons (Fsp3) is 0.444. The minimum Gasteiger partial charge on any atom is -0.472 e. The van der Waals surface area contributed by atoms with E-state index in [9.17, 15) is 4.79 Å². The van der Waals surface area contributed by atoms with E-state index in [1.54, 1.807) is 12.5 Å². The van der Waals surface area contributed by atoms with Crippen LogP contribution < -0.4 is 0 Å². The molecule has 2 nitrogen and oxygen atoms in total. The van der Waals surface area contributed by atoms with Crippen LogP contribution in [-0.4, -0.2) is 5.78 Å². The van der Waals surface area contributed by atoms with Crippen molar-refractivity contribution in [1.82, 2.24) is 0 Å². The standard InChI is InChI=1S/C9H10O2/c1-9(2)3-6-4-11-5-7(6)8(9)10/h4-5H,3H2,1-2H3. The fourth-order valence-corrected chi connectivity index (χ4v) is 1.58. The van der Waals surface area contributed by atoms with E-state index in [1.165, 1.54) is 0 Å². The van der Waals surface area contributed by atoms with Crippen molar-refractivity contribution < 1.29 is 9.21 Å². The van der Waals surface area contributed by atoms with Gasteiger partial charge in [0.15, 0.2) is 5.78 Å². The lowest BCUT2D eigenvalue weighted by Gasteiger charge is -2.13. The molecule has 0 spiro atoms. The smallest absolute Gasteiger partial charge is 0.172 e. The number of carbonyl (C=O) groups excluding carboxylic acids is 1. The third-order valence-corrected chi connectivity index (χ3v) is 2.23. The molecule has 0 aromatic carbocycles. The quantitative estimate of drug-likeness (QED) is 0.566. The average molecular weight is 150 g/mol. The molecule has 0 aliphatic heterocycles. The van der Waals surface area contributed by atoms with Crippen LogP contribution in [0.3, 0.4) is 0 Å². The van der Waals surface area contributed by atoms with Gasteiger partial charge in [0.2, 0.25) is 0 Å². The lowest BCUT2D eigenvalue weighted by atomic mass is 9.89. The third-order valence-electron chi connectivity index (χ3n) is 2.23. The van der Waals surface area contributed by atoms with E-state index in [-0.39, 0.29) is 11.2 Å². The van der Waals surface area contributed by atoms with Gasteiger partial charge in [0, 0.05) is 11.0 Å². The third kappa shape index (κ3) is 0.754. The average Bonchev–Trinajstić information content (AvgIpc) is 2.39. The Labute approximate surface area is 65.2 Å². The van der Waals surface area contributed by atoms with Crippen molar-refractivity contribution in [2.24, 2.45) is 5.41 Å². The van der Waals surface area contributed by atoms with E-state index in [1.807, 2.05) is 13.8 Å². The van der Waals surface area contributed by atoms with E-state index in [0.717, 1.165) is 17.5 Å². The van der Waals surface area contributed by atoms with Gasteiger partial charge >= 0.3 is 0 Å². The summed E-state index contributed by atoms with van der Waals surface area (Å²) >= 11 is 0. The van der Waals surface area contributed by atoms with Crippen molar-refractivity contribution in [2.75, 3.05) is 0 Å². The van der Waals surface area contributed by atoms with E-state index in [2.05, 4.69) is 0 Å². The lowest BCUT2D eigenvalue weighted by Crippen LogP contribution is -2.19. The molecular weight excluding hydrogens is 140 g/mol. The molecule has 0 unspecified atom stereocenters. The van der Waals surface area contributed by atoms with E-state index in [0.29, 0.717) is 0 Å². The summed E-state index contributed by atoms with van der Waals surface area (Å²) in [5, 5.41) is 0. The van der Waals surface area contributed by atoms with Crippen LogP contribution in [0.5, 0.6) is 0 Å². The van der Waals surface area contributed by atoms with Crippen molar-refractivity contribution in [2.45, 2.75) is 20.3 Å². The predicted octanol–water partition coefficient (Wildman–Crippen LogP) is 2.04. The molecule has 2 heteroatoms. The normalized spacial score (nSPS) is 20.4. The Kier molecular flexibility index (Phi) is 1.06. The highest BCUT2D eigenvalue weighted by Crippen LogP contribution is 2.36. The Bertz CT molecular complexity index is 307. The predicted molar refractivity (Wildman–Crippen MR) is 40.5 cm³/mol. The Balaban J connectivity index is 2.54. The van der Waals surface area contributed by atoms with Crippen molar-refractivity contribution in [3.8, 4) is 0 Å². The maximum absolute atomic E-state index is 11.5. The first kappa shape index (κ1) is 6.65. The van der Waals surface area contributed by atoms with Gasteiger partial charge in [0.1, 0.15) is 6.26 Å². The summed E-state index contributed by atoms with van der Waals surface area (Å²) in [4.78, 5) is 11.5. The van der Waals surface area contributed by atoms with Crippen LogP contribution in [0, 0.1) is 5.41 Å². The van der Waals surface area contributed by atoms with Gasteiger partial charge in [0.25, 0.3) is 0 Å². The summed E-state index contributed by atoms with van der Waals surface area (Å²) in [5.74, 6) is 0.209. The molecule has 0 saturated carbocycles. The fourth-order valence-electron chi connectivity index (χ4n) is 1.58. The first-order chi connectivity index (χ1) is 5.11. The zero-order chi connectivity index (χ0) is 8.06. The zero-order valence-electron chi connectivity index (χ0n) is 6.68. The van der Waals surface area contributed by atoms with Gasteiger partial charge in [0.05, 0.1) is 11.8 Å². The number of hydrogen-bond donors (Lipinski definition) is 0. The molecule has 0 radical (unpaired) electrons. The van der Waals surface area contributed by atoms with Gasteiger partial charge in [-0.1, -0.05) is 13.8 Å². The van der Waals surface area contributed by atoms with Crippen LogP contribution in [0.25, 0.3) is 0 Å². The second-order valence-corrected chi connectivity index (χ2v) is 3.70. The number of Topliss-reactive ketones (excluding diaryl/α,β-unsaturated/α-hetero) is 1. The maximum atomic E-state index is 11.5. The minimum atomic E-state index is -0.207. The highest BCUT2D eigenvalue weighted by molar-refractivity contribution is 6.04. The molecule has 1 aromatic rings. The minimum absolute atomic E-state index is 0.207. The molecule has 0 amide bonds. The van der Waals surface area contributed by atoms with Crippen molar-refractivity contribution >= 4 is 5.78 Å². The van der Waals surface area contributed by atoms with Crippen molar-refractivity contribution in [3.05, 3.63) is 23.7 Å². The number of carbonyl (C=O) groups is 1. The first-order valence-electron chi connectivity index (χ1n) is 3.71. The SMILES string of the molecule is CC1(C)Cc2cocc2C1=O. The van der Waals surface area contributed by atoms with Gasteiger partial charge in [-0.15, -0.1) is 0 Å². The van der Waals surface area contributed by atoms with Gasteiger partial charge in [-0.25, -0.2) is 0 Å². The van der Waals surface area contributed by atoms with Crippen LogP contribution >= 0.6 is 0 Å². The Hall–Kier alpha value is -1.05. The Morgan fingerprint density at radius 1 is 1.45 bits per heavy atom. The van der Waals surface area contributed by atoms with Gasteiger partial charge < -0.3 is 4.42 Å². The van der Waals surface area contributed by atoms with Crippen molar-refractivity contribution in [1.29, 1.82) is 0 Å². The zero-order valence-corrected chi connectivity index (χ0v) is 6.68. The number of rotatable bonds is 0. The molecule has 1 aliphatic carbocycles. The van der Waals surface area contributed by atoms with Crippen LogP contribution in [0.4, 0.5) is 0 Å². The summed E-state index contributed by atoms with van der Waals surface area (Å²) in [6, 6.07) is 0. The highest BCUT2D eigenvalue weighted by Gasteiger charge is 2.38. The highest BCUT2D eigenvalue weighted by atomic mass is 16.3. The number of fused-ring (bicyclic) bond motifs is 1. The molecule has 0 atom stereocenters. The molecule has 0 fully saturated rings. The first-order valence-corrected chi connectivity index (χ1v) is 3.71. The Morgan fingerprint density at radius 3 is 2.82 bits per heavy atom. The topological polar surface area (TPSA) is 30.2 Å². The summed E-state index contributed by atoms with van der Waals surface area (Å²) < 4.78 is 4.93. The molecule has 2 rings (SSSR count). The van der Waals surface area contributed by atoms with Gasteiger partial charge in [-0.05, 0) is 6.42 Å². The summed E-state index contributed by atoms with van der Waals surface area (Å²) in [7, 11) is 0. The van der Waals surface area contributed by atoms with E-state index >= 15 is 0 Å². The molecular formula is C9H10O2. The monoisotopic (exact) mass is 150 g/mol. The number of hydrogen-bond acceptors (Lipinski definition) is 2. The Morgan fingerprint density at radius 2 is 2.18 bits per heavy atom. The number of ketones is 1. The summed E-state index contributed by atoms with van der Waals surface area (Å²) in [6.07, 6.45) is 4.03. The molecule has 11 heavy (non-hydrogen) atoms. The van der Waals surface area contributed by atoms with E-state index < -0.39 is 0 Å². The maximum Gasteiger partial charge on any atom is 0.172 e.